The standard InChI is InChI=1S/C47H31NO/c1-28-10-3-6-14-33(28)37-21-18-31-19-22-39-41(34-15-7-4-11-29(34)2)27-42(40-24-23-38(37)45(31)46(39)40)47-48-43-26-32(20-25-44(43)49-47)36-17-9-13-30-12-5-8-16-35(30)36/h3-27H,1-2H3. The molecule has 2 nitrogen and oxygen atoms in total. The monoisotopic (exact) mass is 625 g/mol. The fourth-order valence-electron chi connectivity index (χ4n) is 7.97. The Labute approximate surface area is 284 Å². The van der Waals surface area contributed by atoms with Gasteiger partial charge in [-0.25, -0.2) is 4.98 Å². The highest BCUT2D eigenvalue weighted by atomic mass is 16.3. The maximum absolute atomic E-state index is 6.64. The second-order valence-corrected chi connectivity index (χ2v) is 13.2. The first kappa shape index (κ1) is 27.8. The van der Waals surface area contributed by atoms with Crippen LogP contribution >= 0.6 is 0 Å². The molecule has 9 aromatic carbocycles. The molecule has 0 radical (unpaired) electrons. The molecule has 0 saturated heterocycles. The van der Waals surface area contributed by atoms with Crippen LogP contribution in [0.3, 0.4) is 0 Å². The van der Waals surface area contributed by atoms with Gasteiger partial charge in [0.05, 0.1) is 0 Å². The number of nitrogens with zero attached hydrogens (tertiary/aromatic N) is 1. The smallest absolute Gasteiger partial charge is 0.227 e. The van der Waals surface area contributed by atoms with Gasteiger partial charge in [0.2, 0.25) is 5.89 Å². The quantitative estimate of drug-likeness (QED) is 0.182. The molecule has 1 aromatic heterocycles. The third-order valence-corrected chi connectivity index (χ3v) is 10.4. The summed E-state index contributed by atoms with van der Waals surface area (Å²) in [5, 5.41) is 9.86. The van der Waals surface area contributed by atoms with Crippen LogP contribution < -0.4 is 0 Å². The van der Waals surface area contributed by atoms with Gasteiger partial charge in [-0.15, -0.1) is 0 Å². The Kier molecular flexibility index (Phi) is 6.04. The van der Waals surface area contributed by atoms with E-state index in [0.717, 1.165) is 27.6 Å². The van der Waals surface area contributed by atoms with Crippen molar-refractivity contribution in [3.05, 3.63) is 163 Å². The summed E-state index contributed by atoms with van der Waals surface area (Å²) in [5.74, 6) is 0.636. The minimum absolute atomic E-state index is 0.636. The van der Waals surface area contributed by atoms with E-state index in [4.69, 9.17) is 9.40 Å². The zero-order chi connectivity index (χ0) is 32.6. The zero-order valence-electron chi connectivity index (χ0n) is 27.3. The van der Waals surface area contributed by atoms with Gasteiger partial charge in [0.15, 0.2) is 5.58 Å². The van der Waals surface area contributed by atoms with E-state index in [1.54, 1.807) is 0 Å². The van der Waals surface area contributed by atoms with E-state index in [2.05, 4.69) is 166 Å². The van der Waals surface area contributed by atoms with Crippen molar-refractivity contribution in [1.29, 1.82) is 0 Å². The molecule has 230 valence electrons. The molecule has 0 unspecified atom stereocenters. The number of rotatable bonds is 4. The molecule has 10 rings (SSSR count). The Morgan fingerprint density at radius 2 is 1.04 bits per heavy atom. The number of aromatic nitrogens is 1. The van der Waals surface area contributed by atoms with Crippen LogP contribution in [0.25, 0.3) is 99.0 Å². The largest absolute Gasteiger partial charge is 0.436 e. The summed E-state index contributed by atoms with van der Waals surface area (Å²) in [6.45, 7) is 4.39. The molecule has 1 heterocycles. The van der Waals surface area contributed by atoms with Crippen LogP contribution in [0.4, 0.5) is 0 Å². The van der Waals surface area contributed by atoms with E-state index < -0.39 is 0 Å². The number of aryl methyl sites for hydroxylation is 2. The Bertz CT molecular complexity index is 2900. The summed E-state index contributed by atoms with van der Waals surface area (Å²) in [7, 11) is 0. The molecule has 0 atom stereocenters. The van der Waals surface area contributed by atoms with Gasteiger partial charge in [-0.1, -0.05) is 133 Å². The molecular weight excluding hydrogens is 595 g/mol. The molecule has 0 saturated carbocycles. The van der Waals surface area contributed by atoms with Crippen LogP contribution in [0.1, 0.15) is 11.1 Å². The van der Waals surface area contributed by atoms with Gasteiger partial charge in [-0.3, -0.25) is 0 Å². The van der Waals surface area contributed by atoms with Gasteiger partial charge < -0.3 is 4.42 Å². The second-order valence-electron chi connectivity index (χ2n) is 13.2. The van der Waals surface area contributed by atoms with Crippen molar-refractivity contribution in [2.24, 2.45) is 0 Å². The minimum atomic E-state index is 0.636. The molecule has 0 N–H and O–H groups in total. The highest BCUT2D eigenvalue weighted by molar-refractivity contribution is 6.30. The number of fused-ring (bicyclic) bond motifs is 2. The first-order chi connectivity index (χ1) is 24.1. The molecule has 0 amide bonds. The molecule has 0 aliphatic rings. The minimum Gasteiger partial charge on any atom is -0.436 e. The summed E-state index contributed by atoms with van der Waals surface area (Å²) in [5.41, 5.74) is 12.4. The Hall–Kier alpha value is -6.25. The number of hydrogen-bond donors (Lipinski definition) is 0. The van der Waals surface area contributed by atoms with Gasteiger partial charge >= 0.3 is 0 Å². The fraction of sp³-hybridized carbons (Fsp3) is 0.0426. The van der Waals surface area contributed by atoms with Crippen molar-refractivity contribution < 1.29 is 4.42 Å². The average molecular weight is 626 g/mol. The maximum atomic E-state index is 6.64. The third-order valence-electron chi connectivity index (χ3n) is 10.4. The molecule has 2 heteroatoms. The zero-order valence-corrected chi connectivity index (χ0v) is 27.3. The van der Waals surface area contributed by atoms with Crippen molar-refractivity contribution in [3.8, 4) is 44.8 Å². The van der Waals surface area contributed by atoms with Gasteiger partial charge in [0.25, 0.3) is 0 Å². The third kappa shape index (κ3) is 4.24. The molecule has 49 heavy (non-hydrogen) atoms. The lowest BCUT2D eigenvalue weighted by molar-refractivity contribution is 0.620. The van der Waals surface area contributed by atoms with Gasteiger partial charge in [-0.2, -0.15) is 0 Å². The van der Waals surface area contributed by atoms with E-state index in [1.807, 2.05) is 0 Å². The van der Waals surface area contributed by atoms with E-state index in [-0.39, 0.29) is 0 Å². The lowest BCUT2D eigenvalue weighted by atomic mass is 9.84. The number of hydrogen-bond acceptors (Lipinski definition) is 2. The van der Waals surface area contributed by atoms with Crippen LogP contribution in [-0.2, 0) is 0 Å². The van der Waals surface area contributed by atoms with Gasteiger partial charge in [0, 0.05) is 5.56 Å². The van der Waals surface area contributed by atoms with Crippen molar-refractivity contribution in [2.75, 3.05) is 0 Å². The van der Waals surface area contributed by atoms with Gasteiger partial charge in [-0.05, 0) is 120 Å². The first-order valence-electron chi connectivity index (χ1n) is 16.9. The molecule has 10 aromatic rings. The van der Waals surface area contributed by atoms with Crippen LogP contribution in [-0.4, -0.2) is 4.98 Å². The molecule has 0 spiro atoms. The fourth-order valence-corrected chi connectivity index (χ4v) is 7.97. The SMILES string of the molecule is Cc1ccccc1-c1ccc2ccc3c(-c4ccccc4C)cc(-c4nc5cc(-c6cccc7ccccc67)ccc5o4)c4ccc1c2c43. The summed E-state index contributed by atoms with van der Waals surface area (Å²) in [4.78, 5) is 5.20. The summed E-state index contributed by atoms with van der Waals surface area (Å²) < 4.78 is 6.64. The predicted molar refractivity (Wildman–Crippen MR) is 206 cm³/mol. The second kappa shape index (κ2) is 10.6. The van der Waals surface area contributed by atoms with E-state index in [0.29, 0.717) is 5.89 Å². The highest BCUT2D eigenvalue weighted by Gasteiger charge is 2.21. The summed E-state index contributed by atoms with van der Waals surface area (Å²) in [6.07, 6.45) is 0. The van der Waals surface area contributed by atoms with E-state index in [9.17, 15) is 0 Å². The lowest BCUT2D eigenvalue weighted by Crippen LogP contribution is -1.93. The van der Waals surface area contributed by atoms with Crippen LogP contribution in [0, 0.1) is 13.8 Å². The maximum Gasteiger partial charge on any atom is 0.227 e. The molecule has 0 aliphatic heterocycles. The summed E-state index contributed by atoms with van der Waals surface area (Å²) >= 11 is 0. The molecule has 0 bridgehead atoms. The topological polar surface area (TPSA) is 26.0 Å². The Morgan fingerprint density at radius 1 is 0.408 bits per heavy atom. The Morgan fingerprint density at radius 3 is 1.86 bits per heavy atom. The van der Waals surface area contributed by atoms with Crippen molar-refractivity contribution >= 4 is 54.2 Å². The molecule has 0 aliphatic carbocycles. The Balaban J connectivity index is 1.26. The predicted octanol–water partition coefficient (Wildman–Crippen LogP) is 13.2. The van der Waals surface area contributed by atoms with Gasteiger partial charge in [0.1, 0.15) is 5.52 Å². The average Bonchev–Trinajstić information content (AvgIpc) is 3.57. The van der Waals surface area contributed by atoms with Crippen molar-refractivity contribution in [3.63, 3.8) is 0 Å². The van der Waals surface area contributed by atoms with Crippen LogP contribution in [0.5, 0.6) is 0 Å². The lowest BCUT2D eigenvalue weighted by Gasteiger charge is -2.19. The van der Waals surface area contributed by atoms with Crippen LogP contribution in [0.15, 0.2) is 156 Å². The number of oxazole rings is 1. The normalized spacial score (nSPS) is 11.9. The van der Waals surface area contributed by atoms with Crippen molar-refractivity contribution in [1.82, 2.24) is 4.98 Å². The van der Waals surface area contributed by atoms with Crippen molar-refractivity contribution in [2.45, 2.75) is 13.8 Å². The molecule has 0 fully saturated rings. The first-order valence-corrected chi connectivity index (χ1v) is 16.9. The highest BCUT2D eigenvalue weighted by Crippen LogP contribution is 2.47. The van der Waals surface area contributed by atoms with Crippen LogP contribution in [0.2, 0.25) is 0 Å². The molecular formula is C47H31NO. The summed E-state index contributed by atoms with van der Waals surface area (Å²) in [6, 6.07) is 54.7. The van der Waals surface area contributed by atoms with E-state index in [1.165, 1.54) is 76.6 Å². The number of benzene rings is 9. The van der Waals surface area contributed by atoms with E-state index >= 15 is 0 Å².